The van der Waals surface area contributed by atoms with E-state index in [-0.39, 0.29) is 11.6 Å². The minimum Gasteiger partial charge on any atom is -0.306 e. The fraction of sp³-hybridized carbons (Fsp3) is 0.200. The molecule has 0 amide bonds. The molecule has 0 aliphatic heterocycles. The zero-order valence-electron chi connectivity index (χ0n) is 10.8. The molecule has 0 aromatic heterocycles. The van der Waals surface area contributed by atoms with Crippen LogP contribution in [0, 0.1) is 11.6 Å². The molecule has 0 aliphatic rings. The maximum atomic E-state index is 14.1. The van der Waals surface area contributed by atoms with Crippen molar-refractivity contribution in [2.24, 2.45) is 0 Å². The standard InChI is InChI=1S/C15H13Br2F2N/c1-2-20-15(10-4-3-5-13(19)14(10)17)11-8-9(16)6-7-12(11)18/h3-8,15,20H,2H2,1H3. The fourth-order valence-corrected chi connectivity index (χ4v) is 2.94. The number of hydrogen-bond donors (Lipinski definition) is 1. The first kappa shape index (κ1) is 15.6. The van der Waals surface area contributed by atoms with Crippen LogP contribution in [0.2, 0.25) is 0 Å². The maximum absolute atomic E-state index is 14.1. The highest BCUT2D eigenvalue weighted by Crippen LogP contribution is 2.32. The van der Waals surface area contributed by atoms with Gasteiger partial charge in [0, 0.05) is 10.0 Å². The third-order valence-electron chi connectivity index (χ3n) is 2.97. The predicted octanol–water partition coefficient (Wildman–Crippen LogP) is 5.19. The van der Waals surface area contributed by atoms with E-state index in [1.807, 2.05) is 6.92 Å². The Kier molecular flexibility index (Phi) is 5.29. The smallest absolute Gasteiger partial charge is 0.137 e. The van der Waals surface area contributed by atoms with Crippen molar-refractivity contribution < 1.29 is 8.78 Å². The Morgan fingerprint density at radius 2 is 1.80 bits per heavy atom. The van der Waals surface area contributed by atoms with E-state index in [9.17, 15) is 8.78 Å². The van der Waals surface area contributed by atoms with Gasteiger partial charge in [-0.15, -0.1) is 0 Å². The number of halogens is 4. The second-order valence-corrected chi connectivity index (χ2v) is 6.01. The molecular formula is C15H13Br2F2N. The van der Waals surface area contributed by atoms with Crippen LogP contribution in [0.1, 0.15) is 24.1 Å². The maximum Gasteiger partial charge on any atom is 0.137 e. The van der Waals surface area contributed by atoms with Crippen LogP contribution in [0.15, 0.2) is 45.3 Å². The van der Waals surface area contributed by atoms with Crippen LogP contribution < -0.4 is 5.32 Å². The number of nitrogens with one attached hydrogen (secondary N) is 1. The Bertz CT molecular complexity index is 615. The fourth-order valence-electron chi connectivity index (χ4n) is 2.07. The molecule has 0 saturated carbocycles. The zero-order valence-corrected chi connectivity index (χ0v) is 13.9. The number of hydrogen-bond acceptors (Lipinski definition) is 1. The second kappa shape index (κ2) is 6.78. The molecule has 0 heterocycles. The number of rotatable bonds is 4. The summed E-state index contributed by atoms with van der Waals surface area (Å²) in [5, 5.41) is 3.19. The van der Waals surface area contributed by atoms with Crippen molar-refractivity contribution in [3.05, 3.63) is 68.1 Å². The Morgan fingerprint density at radius 1 is 1.05 bits per heavy atom. The van der Waals surface area contributed by atoms with Crippen LogP contribution in [-0.4, -0.2) is 6.54 Å². The van der Waals surface area contributed by atoms with E-state index in [0.717, 1.165) is 4.47 Å². The third kappa shape index (κ3) is 3.27. The van der Waals surface area contributed by atoms with Crippen LogP contribution in [0.4, 0.5) is 8.78 Å². The SMILES string of the molecule is CCNC(c1cc(Br)ccc1F)c1cccc(F)c1Br. The molecule has 0 aliphatic carbocycles. The highest BCUT2D eigenvalue weighted by Gasteiger charge is 2.21. The van der Waals surface area contributed by atoms with Crippen LogP contribution in [-0.2, 0) is 0 Å². The molecule has 5 heteroatoms. The quantitative estimate of drug-likeness (QED) is 0.739. The molecule has 0 spiro atoms. The molecular weight excluding hydrogens is 392 g/mol. The Balaban J connectivity index is 2.56. The van der Waals surface area contributed by atoms with Gasteiger partial charge in [0.1, 0.15) is 11.6 Å². The minimum absolute atomic E-state index is 0.324. The van der Waals surface area contributed by atoms with E-state index in [1.54, 1.807) is 24.3 Å². The van der Waals surface area contributed by atoms with Crippen LogP contribution in [0.25, 0.3) is 0 Å². The van der Waals surface area contributed by atoms with Crippen molar-refractivity contribution in [3.63, 3.8) is 0 Å². The molecule has 0 fully saturated rings. The average molecular weight is 405 g/mol. The third-order valence-corrected chi connectivity index (χ3v) is 4.30. The molecule has 0 saturated heterocycles. The van der Waals surface area contributed by atoms with E-state index >= 15 is 0 Å². The normalized spacial score (nSPS) is 12.4. The summed E-state index contributed by atoms with van der Waals surface area (Å²) in [5.41, 5.74) is 1.15. The predicted molar refractivity (Wildman–Crippen MR) is 83.7 cm³/mol. The van der Waals surface area contributed by atoms with Gasteiger partial charge in [-0.05, 0) is 52.3 Å². The largest absolute Gasteiger partial charge is 0.306 e. The first-order valence-corrected chi connectivity index (χ1v) is 7.75. The van der Waals surface area contributed by atoms with E-state index in [0.29, 0.717) is 22.1 Å². The molecule has 1 atom stereocenters. The lowest BCUT2D eigenvalue weighted by Gasteiger charge is -2.21. The van der Waals surface area contributed by atoms with Crippen molar-refractivity contribution in [2.45, 2.75) is 13.0 Å². The first-order valence-electron chi connectivity index (χ1n) is 6.16. The van der Waals surface area contributed by atoms with Gasteiger partial charge >= 0.3 is 0 Å². The van der Waals surface area contributed by atoms with E-state index in [1.165, 1.54) is 12.1 Å². The highest BCUT2D eigenvalue weighted by atomic mass is 79.9. The van der Waals surface area contributed by atoms with E-state index < -0.39 is 6.04 Å². The van der Waals surface area contributed by atoms with Crippen LogP contribution in [0.3, 0.4) is 0 Å². The summed E-state index contributed by atoms with van der Waals surface area (Å²) in [4.78, 5) is 0. The van der Waals surface area contributed by atoms with Gasteiger partial charge in [0.25, 0.3) is 0 Å². The van der Waals surface area contributed by atoms with Crippen LogP contribution >= 0.6 is 31.9 Å². The summed E-state index contributed by atoms with van der Waals surface area (Å²) in [5.74, 6) is -0.684. The van der Waals surface area contributed by atoms with Gasteiger partial charge < -0.3 is 5.32 Å². The topological polar surface area (TPSA) is 12.0 Å². The molecule has 106 valence electrons. The summed E-state index contributed by atoms with van der Waals surface area (Å²) in [6.45, 7) is 2.57. The van der Waals surface area contributed by atoms with Gasteiger partial charge in [0.2, 0.25) is 0 Å². The number of benzene rings is 2. The summed E-state index contributed by atoms with van der Waals surface area (Å²) < 4.78 is 28.9. The lowest BCUT2D eigenvalue weighted by atomic mass is 9.98. The minimum atomic E-state index is -0.414. The average Bonchev–Trinajstić information content (AvgIpc) is 2.43. The lowest BCUT2D eigenvalue weighted by Crippen LogP contribution is -2.23. The van der Waals surface area contributed by atoms with Gasteiger partial charge in [-0.3, -0.25) is 0 Å². The first-order chi connectivity index (χ1) is 9.54. The van der Waals surface area contributed by atoms with Crippen LogP contribution in [0.5, 0.6) is 0 Å². The molecule has 1 N–H and O–H groups in total. The molecule has 1 unspecified atom stereocenters. The molecule has 2 aromatic rings. The van der Waals surface area contributed by atoms with Crippen molar-refractivity contribution >= 4 is 31.9 Å². The summed E-state index contributed by atoms with van der Waals surface area (Å²) in [6.07, 6.45) is 0. The zero-order chi connectivity index (χ0) is 14.7. The van der Waals surface area contributed by atoms with Gasteiger partial charge in [-0.25, -0.2) is 8.78 Å². The van der Waals surface area contributed by atoms with Crippen molar-refractivity contribution in [1.82, 2.24) is 5.32 Å². The van der Waals surface area contributed by atoms with E-state index in [4.69, 9.17) is 0 Å². The van der Waals surface area contributed by atoms with Gasteiger partial charge in [0.15, 0.2) is 0 Å². The molecule has 20 heavy (non-hydrogen) atoms. The second-order valence-electron chi connectivity index (χ2n) is 4.30. The molecule has 0 bridgehead atoms. The summed E-state index contributed by atoms with van der Waals surface area (Å²) in [6, 6.07) is 9.10. The molecule has 1 nitrogen and oxygen atoms in total. The monoisotopic (exact) mass is 403 g/mol. The van der Waals surface area contributed by atoms with Crippen molar-refractivity contribution in [3.8, 4) is 0 Å². The van der Waals surface area contributed by atoms with Gasteiger partial charge in [0.05, 0.1) is 10.5 Å². The Hall–Kier alpha value is -0.780. The summed E-state index contributed by atoms with van der Waals surface area (Å²) >= 11 is 6.58. The highest BCUT2D eigenvalue weighted by molar-refractivity contribution is 9.10. The van der Waals surface area contributed by atoms with Gasteiger partial charge in [-0.1, -0.05) is 35.0 Å². The molecule has 0 radical (unpaired) electrons. The van der Waals surface area contributed by atoms with Crippen molar-refractivity contribution in [2.75, 3.05) is 6.54 Å². The van der Waals surface area contributed by atoms with Crippen molar-refractivity contribution in [1.29, 1.82) is 0 Å². The Morgan fingerprint density at radius 3 is 2.50 bits per heavy atom. The van der Waals surface area contributed by atoms with E-state index in [2.05, 4.69) is 37.2 Å². The Labute approximate surface area is 133 Å². The molecule has 2 rings (SSSR count). The molecule has 2 aromatic carbocycles. The lowest BCUT2D eigenvalue weighted by molar-refractivity contribution is 0.551. The van der Waals surface area contributed by atoms with Gasteiger partial charge in [-0.2, -0.15) is 0 Å². The summed E-state index contributed by atoms with van der Waals surface area (Å²) in [7, 11) is 0.